The van der Waals surface area contributed by atoms with E-state index in [1.807, 2.05) is 0 Å². The molecule has 104 valence electrons. The molecule has 0 atom stereocenters. The number of urea groups is 1. The van der Waals surface area contributed by atoms with Crippen LogP contribution in [0.4, 0.5) is 19.3 Å². The fourth-order valence-electron chi connectivity index (χ4n) is 1.38. The molecule has 1 aromatic rings. The number of alkyl halides is 2. The molecule has 0 bridgehead atoms. The summed E-state index contributed by atoms with van der Waals surface area (Å²) in [6, 6.07) is 4.11. The number of carbonyl (C=O) groups is 2. The summed E-state index contributed by atoms with van der Waals surface area (Å²) in [6.07, 6.45) is 0. The maximum absolute atomic E-state index is 12.6. The van der Waals surface area contributed by atoms with Gasteiger partial charge in [0.2, 0.25) is 0 Å². The third-order valence-electron chi connectivity index (χ3n) is 2.45. The molecule has 6 heteroatoms. The Labute approximate surface area is 110 Å². The minimum absolute atomic E-state index is 0.136. The number of carbonyl (C=O) groups excluding carboxylic acids is 2. The number of halogens is 2. The molecule has 0 aliphatic rings. The fourth-order valence-corrected chi connectivity index (χ4v) is 1.38. The van der Waals surface area contributed by atoms with Crippen molar-refractivity contribution < 1.29 is 18.4 Å². The van der Waals surface area contributed by atoms with E-state index in [0.29, 0.717) is 11.3 Å². The third kappa shape index (κ3) is 5.03. The van der Waals surface area contributed by atoms with Gasteiger partial charge in [-0.25, -0.2) is 13.6 Å². The molecule has 0 saturated carbocycles. The van der Waals surface area contributed by atoms with E-state index in [4.69, 9.17) is 0 Å². The average molecular weight is 270 g/mol. The Morgan fingerprint density at radius 1 is 1.32 bits per heavy atom. The quantitative estimate of drug-likeness (QED) is 0.826. The Morgan fingerprint density at radius 2 is 1.95 bits per heavy atom. The first-order valence-electron chi connectivity index (χ1n) is 5.73. The number of ketones is 1. The summed E-state index contributed by atoms with van der Waals surface area (Å²) in [6.45, 7) is 3.12. The maximum Gasteiger partial charge on any atom is 0.319 e. The van der Waals surface area contributed by atoms with Crippen LogP contribution in [0.5, 0.6) is 0 Å². The minimum Gasteiger partial charge on any atom is -0.332 e. The monoisotopic (exact) mass is 270 g/mol. The van der Waals surface area contributed by atoms with Crippen molar-refractivity contribution in [2.45, 2.75) is 26.7 Å². The van der Waals surface area contributed by atoms with Gasteiger partial charge in [-0.2, -0.15) is 0 Å². The first-order valence-corrected chi connectivity index (χ1v) is 5.73. The lowest BCUT2D eigenvalue weighted by molar-refractivity contribution is 0.0257. The topological polar surface area (TPSA) is 58.2 Å². The van der Waals surface area contributed by atoms with Crippen LogP contribution < -0.4 is 10.6 Å². The highest BCUT2D eigenvalue weighted by molar-refractivity contribution is 5.97. The number of nitrogens with one attached hydrogen (secondary N) is 2. The molecule has 0 spiro atoms. The van der Waals surface area contributed by atoms with Crippen molar-refractivity contribution in [3.05, 3.63) is 29.3 Å². The molecule has 0 aliphatic heterocycles. The summed E-state index contributed by atoms with van der Waals surface area (Å²) in [5, 5.41) is 4.50. The van der Waals surface area contributed by atoms with Gasteiger partial charge in [0.25, 0.3) is 5.92 Å². The van der Waals surface area contributed by atoms with Gasteiger partial charge in [-0.15, -0.1) is 0 Å². The second kappa shape index (κ2) is 5.77. The Bertz CT molecular complexity index is 496. The number of hydrogen-bond donors (Lipinski definition) is 2. The van der Waals surface area contributed by atoms with Crippen molar-refractivity contribution >= 4 is 17.5 Å². The zero-order valence-electron chi connectivity index (χ0n) is 11.0. The van der Waals surface area contributed by atoms with Crippen LogP contribution in [0.3, 0.4) is 0 Å². The lowest BCUT2D eigenvalue weighted by Crippen LogP contribution is -2.37. The van der Waals surface area contributed by atoms with E-state index >= 15 is 0 Å². The number of aryl methyl sites for hydroxylation is 1. The number of amides is 2. The van der Waals surface area contributed by atoms with Crippen molar-refractivity contribution in [2.24, 2.45) is 0 Å². The molecular weight excluding hydrogens is 254 g/mol. The van der Waals surface area contributed by atoms with Gasteiger partial charge in [0.05, 0.1) is 6.54 Å². The minimum atomic E-state index is -2.96. The predicted octanol–water partition coefficient (Wildman–Crippen LogP) is 2.97. The summed E-state index contributed by atoms with van der Waals surface area (Å²) in [5.41, 5.74) is 1.61. The van der Waals surface area contributed by atoms with Gasteiger partial charge in [-0.1, -0.05) is 12.1 Å². The third-order valence-corrected chi connectivity index (χ3v) is 2.45. The lowest BCUT2D eigenvalue weighted by Gasteiger charge is -2.13. The van der Waals surface area contributed by atoms with Crippen LogP contribution in [-0.2, 0) is 0 Å². The first kappa shape index (κ1) is 15.1. The number of hydrogen-bond acceptors (Lipinski definition) is 2. The second-order valence-corrected chi connectivity index (χ2v) is 4.46. The summed E-state index contributed by atoms with van der Waals surface area (Å²) in [4.78, 5) is 22.7. The molecule has 0 unspecified atom stereocenters. The second-order valence-electron chi connectivity index (χ2n) is 4.46. The van der Waals surface area contributed by atoms with Crippen LogP contribution >= 0.6 is 0 Å². The Kier molecular flexibility index (Phi) is 4.58. The molecule has 0 heterocycles. The molecule has 2 amide bonds. The number of Topliss-reactive ketones (excluding diaryl/α,β-unsaturated/α-hetero) is 1. The van der Waals surface area contributed by atoms with E-state index in [0.717, 1.165) is 12.5 Å². The molecule has 0 saturated heterocycles. The molecule has 1 rings (SSSR count). The molecule has 0 radical (unpaired) electrons. The van der Waals surface area contributed by atoms with E-state index in [1.54, 1.807) is 19.1 Å². The fraction of sp³-hybridized carbons (Fsp3) is 0.385. The Morgan fingerprint density at radius 3 is 2.47 bits per heavy atom. The highest BCUT2D eigenvalue weighted by atomic mass is 19.3. The molecule has 0 fully saturated rings. The largest absolute Gasteiger partial charge is 0.332 e. The molecule has 1 aromatic carbocycles. The summed E-state index contributed by atoms with van der Waals surface area (Å²) in [7, 11) is 0. The zero-order valence-corrected chi connectivity index (χ0v) is 11.0. The van der Waals surface area contributed by atoms with Gasteiger partial charge in [0.1, 0.15) is 0 Å². The smallest absolute Gasteiger partial charge is 0.319 e. The molecular formula is C13H16F2N2O2. The summed E-state index contributed by atoms with van der Waals surface area (Å²) in [5.74, 6) is -3.10. The summed E-state index contributed by atoms with van der Waals surface area (Å²) < 4.78 is 25.2. The van der Waals surface area contributed by atoms with Crippen molar-refractivity contribution in [1.29, 1.82) is 0 Å². The highest BCUT2D eigenvalue weighted by Crippen LogP contribution is 2.17. The zero-order chi connectivity index (χ0) is 14.6. The lowest BCUT2D eigenvalue weighted by atomic mass is 10.1. The van der Waals surface area contributed by atoms with E-state index in [9.17, 15) is 18.4 Å². The Balaban J connectivity index is 2.73. The SMILES string of the molecule is CC(=O)c1ccc(C)c(NC(=O)NCC(C)(F)F)c1. The van der Waals surface area contributed by atoms with Crippen molar-refractivity contribution in [3.63, 3.8) is 0 Å². The van der Waals surface area contributed by atoms with Crippen LogP contribution in [0.15, 0.2) is 18.2 Å². The van der Waals surface area contributed by atoms with E-state index in [1.165, 1.54) is 13.0 Å². The van der Waals surface area contributed by atoms with Gasteiger partial charge in [0.15, 0.2) is 5.78 Å². The van der Waals surface area contributed by atoms with Crippen LogP contribution in [0.2, 0.25) is 0 Å². The highest BCUT2D eigenvalue weighted by Gasteiger charge is 2.21. The summed E-state index contributed by atoms with van der Waals surface area (Å²) >= 11 is 0. The van der Waals surface area contributed by atoms with Gasteiger partial charge in [-0.05, 0) is 25.5 Å². The molecule has 4 nitrogen and oxygen atoms in total. The Hall–Kier alpha value is -1.98. The first-order chi connectivity index (χ1) is 8.69. The van der Waals surface area contributed by atoms with Crippen LogP contribution in [-0.4, -0.2) is 24.3 Å². The molecule has 0 aliphatic carbocycles. The predicted molar refractivity (Wildman–Crippen MR) is 68.8 cm³/mol. The van der Waals surface area contributed by atoms with Crippen molar-refractivity contribution in [1.82, 2.24) is 5.32 Å². The van der Waals surface area contributed by atoms with E-state index < -0.39 is 18.5 Å². The maximum atomic E-state index is 12.6. The molecule has 19 heavy (non-hydrogen) atoms. The normalized spacial score (nSPS) is 11.0. The van der Waals surface area contributed by atoms with E-state index in [-0.39, 0.29) is 5.78 Å². The van der Waals surface area contributed by atoms with Crippen LogP contribution in [0.1, 0.15) is 29.8 Å². The van der Waals surface area contributed by atoms with Crippen LogP contribution in [0.25, 0.3) is 0 Å². The van der Waals surface area contributed by atoms with Crippen LogP contribution in [0, 0.1) is 6.92 Å². The van der Waals surface area contributed by atoms with Crippen molar-refractivity contribution in [2.75, 3.05) is 11.9 Å². The average Bonchev–Trinajstić information content (AvgIpc) is 2.28. The standard InChI is InChI=1S/C13H16F2N2O2/c1-8-4-5-10(9(2)18)6-11(8)17-12(19)16-7-13(3,14)15/h4-6H,7H2,1-3H3,(H2,16,17,19). The number of anilines is 1. The van der Waals surface area contributed by atoms with E-state index in [2.05, 4.69) is 10.6 Å². The van der Waals surface area contributed by atoms with Gasteiger partial charge in [0, 0.05) is 18.2 Å². The van der Waals surface area contributed by atoms with Crippen molar-refractivity contribution in [3.8, 4) is 0 Å². The number of rotatable bonds is 4. The van der Waals surface area contributed by atoms with Gasteiger partial charge >= 0.3 is 6.03 Å². The molecule has 2 N–H and O–H groups in total. The van der Waals surface area contributed by atoms with Gasteiger partial charge in [-0.3, -0.25) is 4.79 Å². The molecule has 0 aromatic heterocycles. The van der Waals surface area contributed by atoms with Gasteiger partial charge < -0.3 is 10.6 Å². The number of benzene rings is 1.